The van der Waals surface area contributed by atoms with E-state index >= 15 is 0 Å². The fourth-order valence-corrected chi connectivity index (χ4v) is 2.77. The normalized spacial score (nSPS) is 14.6. The molecule has 0 spiro atoms. The Balaban J connectivity index is 0.000000970. The molecule has 1 aromatic heterocycles. The molecule has 0 saturated carbocycles. The summed E-state index contributed by atoms with van der Waals surface area (Å²) >= 11 is 0. The summed E-state index contributed by atoms with van der Waals surface area (Å²) in [5, 5.41) is 9.67. The predicted molar refractivity (Wildman–Crippen MR) is 99.1 cm³/mol. The predicted octanol–water partition coefficient (Wildman–Crippen LogP) is 1.84. The van der Waals surface area contributed by atoms with Crippen LogP contribution in [0.3, 0.4) is 0 Å². The average molecular weight is 350 g/mol. The molecule has 0 aromatic carbocycles. The summed E-state index contributed by atoms with van der Waals surface area (Å²) in [6.07, 6.45) is 7.04. The number of hydrogen-bond acceptors (Lipinski definition) is 5. The van der Waals surface area contributed by atoms with E-state index in [4.69, 9.17) is 9.90 Å². The van der Waals surface area contributed by atoms with Crippen molar-refractivity contribution in [2.75, 3.05) is 44.7 Å². The van der Waals surface area contributed by atoms with Crippen molar-refractivity contribution in [3.63, 3.8) is 0 Å². The molecule has 1 aliphatic heterocycles. The van der Waals surface area contributed by atoms with Gasteiger partial charge in [0.05, 0.1) is 5.56 Å². The second kappa shape index (κ2) is 12.2. The molecule has 7 nitrogen and oxygen atoms in total. The molecule has 1 amide bonds. The molecule has 1 fully saturated rings. The number of nitrogens with one attached hydrogen (secondary N) is 1. The van der Waals surface area contributed by atoms with Crippen LogP contribution in [0.1, 0.15) is 43.0 Å². The van der Waals surface area contributed by atoms with Crippen LogP contribution in [0.4, 0.5) is 5.82 Å². The highest BCUT2D eigenvalue weighted by atomic mass is 16.3. The van der Waals surface area contributed by atoms with Crippen LogP contribution < -0.4 is 10.2 Å². The van der Waals surface area contributed by atoms with Crippen LogP contribution in [0.25, 0.3) is 0 Å². The number of likely N-dealkylation sites (tertiary alicyclic amines) is 1. The van der Waals surface area contributed by atoms with Crippen molar-refractivity contribution in [2.45, 2.75) is 32.6 Å². The van der Waals surface area contributed by atoms with Crippen LogP contribution in [0, 0.1) is 0 Å². The van der Waals surface area contributed by atoms with Crippen molar-refractivity contribution in [3.8, 4) is 0 Å². The topological polar surface area (TPSA) is 85.8 Å². The maximum absolute atomic E-state index is 11.7. The summed E-state index contributed by atoms with van der Waals surface area (Å²) in [5.74, 6) is 0.858. The molecule has 0 radical (unpaired) electrons. The van der Waals surface area contributed by atoms with E-state index in [0.29, 0.717) is 12.1 Å². The number of hydrogen-bond donors (Lipinski definition) is 2. The monoisotopic (exact) mass is 350 g/mol. The first-order chi connectivity index (χ1) is 12.1. The van der Waals surface area contributed by atoms with Gasteiger partial charge < -0.3 is 20.2 Å². The number of likely N-dealkylation sites (N-methyl/N-ethyl adjacent to an activating group) is 1. The van der Waals surface area contributed by atoms with E-state index in [1.54, 1.807) is 6.20 Å². The molecule has 0 atom stereocenters. The minimum Gasteiger partial charge on any atom is -0.483 e. The van der Waals surface area contributed by atoms with Gasteiger partial charge in [-0.15, -0.1) is 0 Å². The number of aromatic nitrogens is 1. The number of anilines is 1. The zero-order chi connectivity index (χ0) is 18.5. The average Bonchev–Trinajstić information content (AvgIpc) is 2.89. The van der Waals surface area contributed by atoms with Crippen molar-refractivity contribution in [3.05, 3.63) is 23.9 Å². The van der Waals surface area contributed by atoms with Crippen molar-refractivity contribution < 1.29 is 14.7 Å². The lowest BCUT2D eigenvalue weighted by Crippen LogP contribution is -2.34. The summed E-state index contributed by atoms with van der Waals surface area (Å²) in [4.78, 5) is 29.2. The third-order valence-electron chi connectivity index (χ3n) is 4.19. The molecular formula is C18H30N4O3. The number of rotatable bonds is 6. The Bertz CT molecular complexity index is 500. The fraction of sp³-hybridized carbons (Fsp3) is 0.611. The van der Waals surface area contributed by atoms with Gasteiger partial charge in [-0.25, -0.2) is 4.98 Å². The smallest absolute Gasteiger partial charge is 0.290 e. The van der Waals surface area contributed by atoms with E-state index < -0.39 is 0 Å². The van der Waals surface area contributed by atoms with Gasteiger partial charge in [0.15, 0.2) is 0 Å². The summed E-state index contributed by atoms with van der Waals surface area (Å²) in [5.41, 5.74) is 0.617. The molecule has 140 valence electrons. The summed E-state index contributed by atoms with van der Waals surface area (Å²) in [7, 11) is 2.06. The van der Waals surface area contributed by atoms with Gasteiger partial charge in [0, 0.05) is 32.9 Å². The quantitative estimate of drug-likeness (QED) is 0.762. The lowest BCUT2D eigenvalue weighted by atomic mass is 10.2. The highest BCUT2D eigenvalue weighted by Crippen LogP contribution is 2.12. The largest absolute Gasteiger partial charge is 0.483 e. The number of carbonyl (C=O) groups is 2. The van der Waals surface area contributed by atoms with E-state index in [0.717, 1.165) is 18.9 Å². The lowest BCUT2D eigenvalue weighted by Gasteiger charge is -2.24. The Morgan fingerprint density at radius 2 is 1.96 bits per heavy atom. The van der Waals surface area contributed by atoms with Crippen molar-refractivity contribution in [1.29, 1.82) is 0 Å². The van der Waals surface area contributed by atoms with Gasteiger partial charge in [0.1, 0.15) is 5.82 Å². The molecule has 1 aromatic rings. The molecular weight excluding hydrogens is 320 g/mol. The Hall–Kier alpha value is -2.15. The van der Waals surface area contributed by atoms with Gasteiger partial charge in [-0.1, -0.05) is 12.8 Å². The van der Waals surface area contributed by atoms with E-state index in [2.05, 4.69) is 27.1 Å². The maximum atomic E-state index is 11.7. The zero-order valence-electron chi connectivity index (χ0n) is 15.3. The Kier molecular flexibility index (Phi) is 10.2. The summed E-state index contributed by atoms with van der Waals surface area (Å²) < 4.78 is 0. The summed E-state index contributed by atoms with van der Waals surface area (Å²) in [6, 6.07) is 3.77. The second-order valence-corrected chi connectivity index (χ2v) is 6.05. The lowest BCUT2D eigenvalue weighted by molar-refractivity contribution is -0.122. The van der Waals surface area contributed by atoms with Crippen LogP contribution >= 0.6 is 0 Å². The Morgan fingerprint density at radius 3 is 2.48 bits per heavy atom. The number of carboxylic acid groups (broad SMARTS) is 1. The van der Waals surface area contributed by atoms with Crippen LogP contribution in [0.2, 0.25) is 0 Å². The molecule has 0 aliphatic carbocycles. The second-order valence-electron chi connectivity index (χ2n) is 6.05. The van der Waals surface area contributed by atoms with Crippen LogP contribution in [-0.2, 0) is 4.79 Å². The van der Waals surface area contributed by atoms with Gasteiger partial charge in [-0.2, -0.15) is 0 Å². The van der Waals surface area contributed by atoms with Gasteiger partial charge in [0.25, 0.3) is 12.4 Å². The van der Waals surface area contributed by atoms with E-state index in [9.17, 15) is 4.79 Å². The number of nitrogens with zero attached hydrogens (tertiary/aromatic N) is 3. The highest BCUT2D eigenvalue weighted by Gasteiger charge is 2.11. The first-order valence-corrected chi connectivity index (χ1v) is 8.88. The van der Waals surface area contributed by atoms with Gasteiger partial charge >= 0.3 is 0 Å². The number of amides is 1. The molecule has 1 aliphatic rings. The highest BCUT2D eigenvalue weighted by molar-refractivity contribution is 5.93. The molecule has 25 heavy (non-hydrogen) atoms. The van der Waals surface area contributed by atoms with Gasteiger partial charge in [-0.3, -0.25) is 9.59 Å². The van der Waals surface area contributed by atoms with Crippen molar-refractivity contribution in [2.24, 2.45) is 0 Å². The first-order valence-electron chi connectivity index (χ1n) is 8.88. The fourth-order valence-electron chi connectivity index (χ4n) is 2.77. The number of pyridine rings is 1. The Labute approximate surface area is 150 Å². The van der Waals surface area contributed by atoms with Crippen molar-refractivity contribution in [1.82, 2.24) is 15.2 Å². The molecule has 7 heteroatoms. The third kappa shape index (κ3) is 7.98. The van der Waals surface area contributed by atoms with E-state index in [-0.39, 0.29) is 12.4 Å². The minimum atomic E-state index is -0.250. The van der Waals surface area contributed by atoms with Gasteiger partial charge in [0.2, 0.25) is 0 Å². The van der Waals surface area contributed by atoms with E-state index in [1.165, 1.54) is 38.8 Å². The molecule has 1 saturated heterocycles. The Morgan fingerprint density at radius 1 is 1.32 bits per heavy atom. The van der Waals surface area contributed by atoms with Gasteiger partial charge in [-0.05, 0) is 45.0 Å². The zero-order valence-corrected chi connectivity index (χ0v) is 15.3. The third-order valence-corrected chi connectivity index (χ3v) is 4.19. The van der Waals surface area contributed by atoms with Crippen molar-refractivity contribution >= 4 is 18.2 Å². The molecule has 0 bridgehead atoms. The molecule has 2 N–H and O–H groups in total. The first kappa shape index (κ1) is 20.9. The minimum absolute atomic E-state index is 0.0613. The maximum Gasteiger partial charge on any atom is 0.290 e. The standard InChI is InChI=1S/C17H28N4O.CH2O2/c1-3-18-17(22)15-8-9-16(19-14-15)20(2)12-13-21-10-6-4-5-7-11-21;2-1-3/h8-9,14H,3-7,10-13H2,1-2H3,(H,18,22);1H,(H,2,3). The SMILES string of the molecule is CCNC(=O)c1ccc(N(C)CCN2CCCCCC2)nc1.O=CO. The molecule has 0 unspecified atom stereocenters. The van der Waals surface area contributed by atoms with E-state index in [1.807, 2.05) is 19.1 Å². The van der Waals surface area contributed by atoms with Crippen LogP contribution in [0.15, 0.2) is 18.3 Å². The summed E-state index contributed by atoms with van der Waals surface area (Å²) in [6.45, 7) is 6.78. The van der Waals surface area contributed by atoms with Crippen LogP contribution in [-0.4, -0.2) is 67.1 Å². The molecule has 2 heterocycles. The van der Waals surface area contributed by atoms with Crippen LogP contribution in [0.5, 0.6) is 0 Å². The number of carbonyl (C=O) groups excluding carboxylic acids is 1. The molecule has 2 rings (SSSR count).